The molecule has 2 rings (SSSR count). The predicted octanol–water partition coefficient (Wildman–Crippen LogP) is 4.93. The van der Waals surface area contributed by atoms with E-state index in [4.69, 9.17) is 4.74 Å². The molecule has 1 aromatic carbocycles. The quantitative estimate of drug-likeness (QED) is 0.281. The van der Waals surface area contributed by atoms with Crippen LogP contribution in [0.3, 0.4) is 0 Å². The Bertz CT molecular complexity index is 834. The van der Waals surface area contributed by atoms with E-state index in [9.17, 15) is 14.4 Å². The highest BCUT2D eigenvalue weighted by atomic mass is 16.5. The molecule has 1 aliphatic rings. The number of nitrogens with zero attached hydrogens (tertiary/aromatic N) is 1. The fourth-order valence-electron chi connectivity index (χ4n) is 5.13. The number of likely N-dealkylation sites (tertiary alicyclic amines) is 1. The summed E-state index contributed by atoms with van der Waals surface area (Å²) in [7, 11) is 0. The second kappa shape index (κ2) is 12.0. The first-order valence-electron chi connectivity index (χ1n) is 12.6. The average Bonchev–Trinajstić information content (AvgIpc) is 2.74. The van der Waals surface area contributed by atoms with Gasteiger partial charge >= 0.3 is 5.97 Å². The topological polar surface area (TPSA) is 75.7 Å². The standard InChI is InChI=1S/C28H44N2O4/c1-20-11-13-23(14-12-20)25(32)26(33)34-19-28(6,7)18-27(4,5)15-16-29-24(31)17-30-21(2)9-8-10-22(30)3/h11-14,21-22H,8-10,15-19H2,1-7H3,(H,29,31). The van der Waals surface area contributed by atoms with Gasteiger partial charge in [-0.3, -0.25) is 14.5 Å². The molecule has 0 saturated carbocycles. The maximum atomic E-state index is 12.5. The van der Waals surface area contributed by atoms with Gasteiger partial charge in [-0.25, -0.2) is 4.79 Å². The molecule has 0 spiro atoms. The minimum absolute atomic E-state index is 0.0597. The van der Waals surface area contributed by atoms with Crippen molar-refractivity contribution >= 4 is 17.7 Å². The van der Waals surface area contributed by atoms with Crippen molar-refractivity contribution in [2.45, 2.75) is 92.7 Å². The molecule has 34 heavy (non-hydrogen) atoms. The van der Waals surface area contributed by atoms with Crippen LogP contribution in [0.5, 0.6) is 0 Å². The van der Waals surface area contributed by atoms with Gasteiger partial charge in [0.2, 0.25) is 5.91 Å². The third kappa shape index (κ3) is 8.86. The number of aryl methyl sites for hydroxylation is 1. The highest BCUT2D eigenvalue weighted by molar-refractivity contribution is 6.40. The van der Waals surface area contributed by atoms with Crippen molar-refractivity contribution in [2.24, 2.45) is 10.8 Å². The molecule has 2 atom stereocenters. The Morgan fingerprint density at radius 2 is 1.59 bits per heavy atom. The van der Waals surface area contributed by atoms with Crippen LogP contribution in [0.25, 0.3) is 0 Å². The van der Waals surface area contributed by atoms with Crippen LogP contribution in [0, 0.1) is 17.8 Å². The van der Waals surface area contributed by atoms with Gasteiger partial charge in [0.1, 0.15) is 0 Å². The van der Waals surface area contributed by atoms with Crippen LogP contribution in [-0.4, -0.2) is 54.3 Å². The molecule has 1 N–H and O–H groups in total. The molecule has 0 bridgehead atoms. The predicted molar refractivity (Wildman–Crippen MR) is 136 cm³/mol. The van der Waals surface area contributed by atoms with Gasteiger partial charge < -0.3 is 10.1 Å². The Morgan fingerprint density at radius 3 is 2.18 bits per heavy atom. The van der Waals surface area contributed by atoms with Gasteiger partial charge in [0.25, 0.3) is 5.78 Å². The van der Waals surface area contributed by atoms with E-state index in [-0.39, 0.29) is 23.3 Å². The second-order valence-electron chi connectivity index (χ2n) is 11.7. The van der Waals surface area contributed by atoms with Crippen LogP contribution in [0.4, 0.5) is 0 Å². The summed E-state index contributed by atoms with van der Waals surface area (Å²) in [4.78, 5) is 39.4. The normalized spacial score (nSPS) is 19.5. The van der Waals surface area contributed by atoms with Crippen molar-refractivity contribution in [1.82, 2.24) is 10.2 Å². The van der Waals surface area contributed by atoms with Gasteiger partial charge in [0, 0.05) is 24.2 Å². The zero-order chi connectivity index (χ0) is 25.5. The highest BCUT2D eigenvalue weighted by Crippen LogP contribution is 2.36. The number of ether oxygens (including phenoxy) is 1. The molecule has 1 saturated heterocycles. The van der Waals surface area contributed by atoms with Gasteiger partial charge in [0.15, 0.2) is 0 Å². The number of esters is 1. The molecule has 1 amide bonds. The minimum atomic E-state index is -0.817. The van der Waals surface area contributed by atoms with E-state index in [1.54, 1.807) is 24.3 Å². The lowest BCUT2D eigenvalue weighted by Gasteiger charge is -2.38. The fraction of sp³-hybridized carbons (Fsp3) is 0.679. The number of benzene rings is 1. The Morgan fingerprint density at radius 1 is 1.00 bits per heavy atom. The van der Waals surface area contributed by atoms with Gasteiger partial charge in [-0.1, -0.05) is 63.9 Å². The summed E-state index contributed by atoms with van der Waals surface area (Å²) in [5.74, 6) is -1.35. The SMILES string of the molecule is Cc1ccc(C(=O)C(=O)OCC(C)(C)CC(C)(C)CCNC(=O)CN2C(C)CCCC2C)cc1. The summed E-state index contributed by atoms with van der Waals surface area (Å²) in [5.41, 5.74) is 1.02. The maximum Gasteiger partial charge on any atom is 0.379 e. The van der Waals surface area contributed by atoms with Crippen LogP contribution in [0.15, 0.2) is 24.3 Å². The third-order valence-electron chi connectivity index (χ3n) is 6.88. The van der Waals surface area contributed by atoms with E-state index in [1.165, 1.54) is 6.42 Å². The zero-order valence-corrected chi connectivity index (χ0v) is 22.2. The Hall–Kier alpha value is -2.21. The van der Waals surface area contributed by atoms with E-state index in [1.807, 2.05) is 20.8 Å². The number of hydrogen-bond donors (Lipinski definition) is 1. The number of carbonyl (C=O) groups is 3. The molecule has 6 heteroatoms. The Labute approximate surface area is 205 Å². The van der Waals surface area contributed by atoms with Crippen molar-refractivity contribution in [3.63, 3.8) is 0 Å². The number of amides is 1. The van der Waals surface area contributed by atoms with E-state index < -0.39 is 11.8 Å². The number of piperidine rings is 1. The molecule has 1 aromatic rings. The largest absolute Gasteiger partial charge is 0.459 e. The summed E-state index contributed by atoms with van der Waals surface area (Å²) in [6, 6.07) is 7.81. The van der Waals surface area contributed by atoms with Crippen molar-refractivity contribution in [2.75, 3.05) is 19.7 Å². The molecule has 0 aliphatic carbocycles. The van der Waals surface area contributed by atoms with Crippen molar-refractivity contribution in [3.8, 4) is 0 Å². The van der Waals surface area contributed by atoms with Crippen molar-refractivity contribution in [1.29, 1.82) is 0 Å². The van der Waals surface area contributed by atoms with Crippen LogP contribution < -0.4 is 5.32 Å². The molecule has 0 aromatic heterocycles. The smallest absolute Gasteiger partial charge is 0.379 e. The summed E-state index contributed by atoms with van der Waals surface area (Å²) in [6.07, 6.45) is 5.16. The Kier molecular flexibility index (Phi) is 9.86. The second-order valence-corrected chi connectivity index (χ2v) is 11.7. The number of hydrogen-bond acceptors (Lipinski definition) is 5. The molecule has 6 nitrogen and oxygen atoms in total. The van der Waals surface area contributed by atoms with Crippen LogP contribution in [0.1, 0.15) is 89.6 Å². The van der Waals surface area contributed by atoms with E-state index in [0.717, 1.165) is 31.2 Å². The molecular weight excluding hydrogens is 428 g/mol. The first kappa shape index (κ1) is 28.0. The number of carbonyl (C=O) groups excluding carboxylic acids is 3. The zero-order valence-electron chi connectivity index (χ0n) is 22.2. The minimum Gasteiger partial charge on any atom is -0.459 e. The van der Waals surface area contributed by atoms with Gasteiger partial charge in [0.05, 0.1) is 13.2 Å². The highest BCUT2D eigenvalue weighted by Gasteiger charge is 2.31. The molecule has 190 valence electrons. The monoisotopic (exact) mass is 472 g/mol. The van der Waals surface area contributed by atoms with Gasteiger partial charge in [-0.05, 0) is 57.3 Å². The van der Waals surface area contributed by atoms with Crippen LogP contribution >= 0.6 is 0 Å². The molecule has 0 radical (unpaired) electrons. The number of nitrogens with one attached hydrogen (secondary N) is 1. The van der Waals surface area contributed by atoms with Crippen molar-refractivity contribution < 1.29 is 19.1 Å². The molecule has 2 unspecified atom stereocenters. The number of ketones is 1. The van der Waals surface area contributed by atoms with E-state index in [2.05, 4.69) is 37.9 Å². The van der Waals surface area contributed by atoms with E-state index >= 15 is 0 Å². The number of Topliss-reactive ketones (excluding diaryl/α,β-unsaturated/α-hetero) is 1. The fourth-order valence-corrected chi connectivity index (χ4v) is 5.13. The summed E-state index contributed by atoms with van der Waals surface area (Å²) < 4.78 is 5.38. The summed E-state index contributed by atoms with van der Waals surface area (Å²) in [6.45, 7) is 16.0. The maximum absolute atomic E-state index is 12.5. The summed E-state index contributed by atoms with van der Waals surface area (Å²) in [5, 5.41) is 3.09. The lowest BCUT2D eigenvalue weighted by atomic mass is 9.74. The van der Waals surface area contributed by atoms with Crippen LogP contribution in [-0.2, 0) is 14.3 Å². The average molecular weight is 473 g/mol. The van der Waals surface area contributed by atoms with Crippen LogP contribution in [0.2, 0.25) is 0 Å². The van der Waals surface area contributed by atoms with Gasteiger partial charge in [-0.2, -0.15) is 0 Å². The lowest BCUT2D eigenvalue weighted by Crippen LogP contribution is -2.49. The third-order valence-corrected chi connectivity index (χ3v) is 6.88. The van der Waals surface area contributed by atoms with Crippen molar-refractivity contribution in [3.05, 3.63) is 35.4 Å². The Balaban J connectivity index is 1.76. The summed E-state index contributed by atoms with van der Waals surface area (Å²) >= 11 is 0. The first-order valence-corrected chi connectivity index (χ1v) is 12.6. The molecule has 1 fully saturated rings. The molecular formula is C28H44N2O4. The first-order chi connectivity index (χ1) is 15.8. The number of rotatable bonds is 11. The lowest BCUT2D eigenvalue weighted by molar-refractivity contribution is -0.141. The molecule has 1 aliphatic heterocycles. The van der Waals surface area contributed by atoms with E-state index in [0.29, 0.717) is 30.7 Å². The van der Waals surface area contributed by atoms with Gasteiger partial charge in [-0.15, -0.1) is 0 Å². The molecule has 1 heterocycles.